The Balaban J connectivity index is 1.68. The Labute approximate surface area is 161 Å². The fourth-order valence-electron chi connectivity index (χ4n) is 2.83. The third kappa shape index (κ3) is 4.25. The predicted octanol–water partition coefficient (Wildman–Crippen LogP) is 3.33. The number of rotatable bonds is 6. The molecule has 0 saturated carbocycles. The van der Waals surface area contributed by atoms with E-state index in [1.165, 1.54) is 12.7 Å². The minimum atomic E-state index is -0.437. The number of aryl methyl sites for hydroxylation is 1. The Hall–Kier alpha value is -2.93. The van der Waals surface area contributed by atoms with Crippen LogP contribution in [0.4, 0.5) is 0 Å². The van der Waals surface area contributed by atoms with Crippen molar-refractivity contribution in [1.29, 1.82) is 0 Å². The third-order valence-electron chi connectivity index (χ3n) is 4.35. The highest BCUT2D eigenvalue weighted by Gasteiger charge is 2.16. The normalized spacial score (nSPS) is 10.6. The van der Waals surface area contributed by atoms with Crippen molar-refractivity contribution >= 4 is 23.2 Å². The van der Waals surface area contributed by atoms with Gasteiger partial charge in [0.1, 0.15) is 4.88 Å². The Morgan fingerprint density at radius 2 is 1.81 bits per heavy atom. The van der Waals surface area contributed by atoms with E-state index in [4.69, 9.17) is 0 Å². The van der Waals surface area contributed by atoms with Gasteiger partial charge in [-0.2, -0.15) is 5.10 Å². The summed E-state index contributed by atoms with van der Waals surface area (Å²) >= 11 is 1.12. The Morgan fingerprint density at radius 3 is 2.52 bits per heavy atom. The summed E-state index contributed by atoms with van der Waals surface area (Å²) < 4.78 is 6.62. The summed E-state index contributed by atoms with van der Waals surface area (Å²) in [5, 5.41) is 7.51. The fourth-order valence-corrected chi connectivity index (χ4v) is 3.67. The number of ether oxygens (including phenoxy) is 1. The van der Waals surface area contributed by atoms with Crippen molar-refractivity contribution in [2.24, 2.45) is 0 Å². The minimum absolute atomic E-state index is 0.218. The molecule has 0 atom stereocenters. The second-order valence-corrected chi connectivity index (χ2v) is 7.21. The zero-order valence-electron chi connectivity index (χ0n) is 15.5. The number of carbonyl (C=O) groups excluding carboxylic acids is 2. The molecule has 3 rings (SSSR count). The number of benzene rings is 1. The van der Waals surface area contributed by atoms with Crippen LogP contribution < -0.4 is 5.32 Å². The number of hydrogen-bond donors (Lipinski definition) is 1. The van der Waals surface area contributed by atoms with Gasteiger partial charge in [0.2, 0.25) is 0 Å². The first-order valence-corrected chi connectivity index (χ1v) is 9.34. The predicted molar refractivity (Wildman–Crippen MR) is 104 cm³/mol. The summed E-state index contributed by atoms with van der Waals surface area (Å²) in [5.74, 6) is -0.655. The molecule has 1 amide bonds. The van der Waals surface area contributed by atoms with Gasteiger partial charge < -0.3 is 10.1 Å². The number of methoxy groups -OCH3 is 1. The standard InChI is InChI=1S/C20H21N3O3S/c1-13-16(14(2)23(22-13)12-15-7-5-4-6-8-15)11-21-19(24)17-9-10-18(27-17)20(25)26-3/h4-10H,11-12H2,1-3H3,(H,21,24). The molecule has 0 bridgehead atoms. The molecule has 0 saturated heterocycles. The Bertz CT molecular complexity index is 960. The fraction of sp³-hybridized carbons (Fsp3) is 0.250. The number of nitrogens with one attached hydrogen (secondary N) is 1. The van der Waals surface area contributed by atoms with E-state index >= 15 is 0 Å². The second-order valence-electron chi connectivity index (χ2n) is 6.13. The maximum absolute atomic E-state index is 12.4. The summed E-state index contributed by atoms with van der Waals surface area (Å²) in [6.07, 6.45) is 0. The molecule has 1 aromatic carbocycles. The van der Waals surface area contributed by atoms with Gasteiger partial charge in [-0.1, -0.05) is 30.3 Å². The van der Waals surface area contributed by atoms with Crippen LogP contribution in [0.1, 0.15) is 41.9 Å². The van der Waals surface area contributed by atoms with E-state index < -0.39 is 5.97 Å². The first-order valence-electron chi connectivity index (χ1n) is 8.52. The summed E-state index contributed by atoms with van der Waals surface area (Å²) in [6, 6.07) is 13.4. The van der Waals surface area contributed by atoms with Crippen LogP contribution in [0.25, 0.3) is 0 Å². The van der Waals surface area contributed by atoms with Gasteiger partial charge in [-0.25, -0.2) is 4.79 Å². The molecule has 6 nitrogen and oxygen atoms in total. The highest BCUT2D eigenvalue weighted by Crippen LogP contribution is 2.18. The Morgan fingerprint density at radius 1 is 1.11 bits per heavy atom. The van der Waals surface area contributed by atoms with Crippen molar-refractivity contribution in [2.75, 3.05) is 7.11 Å². The second kappa shape index (κ2) is 8.18. The Kier molecular flexibility index (Phi) is 5.71. The van der Waals surface area contributed by atoms with E-state index in [0.29, 0.717) is 22.8 Å². The lowest BCUT2D eigenvalue weighted by Crippen LogP contribution is -2.22. The van der Waals surface area contributed by atoms with Crippen molar-refractivity contribution in [2.45, 2.75) is 26.9 Å². The summed E-state index contributed by atoms with van der Waals surface area (Å²) in [7, 11) is 1.32. The number of amides is 1. The number of nitrogens with zero attached hydrogens (tertiary/aromatic N) is 2. The molecule has 140 valence electrons. The lowest BCUT2D eigenvalue weighted by atomic mass is 10.2. The van der Waals surface area contributed by atoms with Crippen LogP contribution in [0, 0.1) is 13.8 Å². The van der Waals surface area contributed by atoms with Crippen molar-refractivity contribution in [1.82, 2.24) is 15.1 Å². The van der Waals surface area contributed by atoms with Gasteiger partial charge in [0.25, 0.3) is 5.91 Å². The number of thiophene rings is 1. The molecule has 0 aliphatic heterocycles. The molecular formula is C20H21N3O3S. The summed E-state index contributed by atoms with van der Waals surface area (Å²) in [4.78, 5) is 24.8. The van der Waals surface area contributed by atoms with E-state index in [1.54, 1.807) is 12.1 Å². The number of carbonyl (C=O) groups is 2. The average molecular weight is 383 g/mol. The van der Waals surface area contributed by atoms with Gasteiger partial charge in [0.05, 0.1) is 24.2 Å². The molecule has 7 heteroatoms. The van der Waals surface area contributed by atoms with Crippen LogP contribution in [0.15, 0.2) is 42.5 Å². The third-order valence-corrected chi connectivity index (χ3v) is 5.41. The average Bonchev–Trinajstić information content (AvgIpc) is 3.26. The SMILES string of the molecule is COC(=O)c1ccc(C(=O)NCc2c(C)nn(Cc3ccccc3)c2C)s1. The van der Waals surface area contributed by atoms with Crippen LogP contribution >= 0.6 is 11.3 Å². The van der Waals surface area contributed by atoms with Crippen LogP contribution in [0.2, 0.25) is 0 Å². The molecule has 1 N–H and O–H groups in total. The zero-order valence-corrected chi connectivity index (χ0v) is 16.3. The molecule has 2 heterocycles. The maximum Gasteiger partial charge on any atom is 0.348 e. The van der Waals surface area contributed by atoms with Gasteiger partial charge >= 0.3 is 5.97 Å². The lowest BCUT2D eigenvalue weighted by molar-refractivity contribution is 0.0606. The molecule has 2 aromatic heterocycles. The van der Waals surface area contributed by atoms with E-state index in [-0.39, 0.29) is 5.91 Å². The van der Waals surface area contributed by atoms with Crippen molar-refractivity contribution in [3.8, 4) is 0 Å². The van der Waals surface area contributed by atoms with Gasteiger partial charge in [-0.15, -0.1) is 11.3 Å². The van der Waals surface area contributed by atoms with E-state index in [0.717, 1.165) is 28.3 Å². The van der Waals surface area contributed by atoms with Crippen molar-refractivity contribution < 1.29 is 14.3 Å². The van der Waals surface area contributed by atoms with Crippen LogP contribution in [-0.2, 0) is 17.8 Å². The summed E-state index contributed by atoms with van der Waals surface area (Å²) in [6.45, 7) is 5.02. The van der Waals surface area contributed by atoms with Crippen LogP contribution in [0.3, 0.4) is 0 Å². The molecule has 0 fully saturated rings. The first-order chi connectivity index (χ1) is 13.0. The van der Waals surface area contributed by atoms with Crippen molar-refractivity contribution in [3.05, 3.63) is 74.7 Å². The van der Waals surface area contributed by atoms with Gasteiger partial charge in [0, 0.05) is 17.8 Å². The molecular weight excluding hydrogens is 362 g/mol. The maximum atomic E-state index is 12.4. The zero-order chi connectivity index (χ0) is 19.4. The largest absolute Gasteiger partial charge is 0.465 e. The number of aromatic nitrogens is 2. The lowest BCUT2D eigenvalue weighted by Gasteiger charge is -2.07. The van der Waals surface area contributed by atoms with Gasteiger partial charge in [0.15, 0.2) is 0 Å². The molecule has 0 spiro atoms. The molecule has 3 aromatic rings. The molecule has 0 aliphatic carbocycles. The molecule has 0 radical (unpaired) electrons. The molecule has 0 aliphatic rings. The highest BCUT2D eigenvalue weighted by atomic mass is 32.1. The monoisotopic (exact) mass is 383 g/mol. The topological polar surface area (TPSA) is 73.2 Å². The molecule has 0 unspecified atom stereocenters. The number of esters is 1. The van der Waals surface area contributed by atoms with Gasteiger partial charge in [-0.05, 0) is 31.5 Å². The van der Waals surface area contributed by atoms with E-state index in [2.05, 4.69) is 27.3 Å². The quantitative estimate of drug-likeness (QED) is 0.663. The van der Waals surface area contributed by atoms with E-state index in [9.17, 15) is 9.59 Å². The smallest absolute Gasteiger partial charge is 0.348 e. The minimum Gasteiger partial charge on any atom is -0.465 e. The van der Waals surface area contributed by atoms with Crippen LogP contribution in [0.5, 0.6) is 0 Å². The molecule has 27 heavy (non-hydrogen) atoms. The van der Waals surface area contributed by atoms with Crippen LogP contribution in [-0.4, -0.2) is 28.8 Å². The first kappa shape index (κ1) is 18.8. The van der Waals surface area contributed by atoms with Gasteiger partial charge in [-0.3, -0.25) is 9.48 Å². The van der Waals surface area contributed by atoms with E-state index in [1.807, 2.05) is 36.7 Å². The number of hydrogen-bond acceptors (Lipinski definition) is 5. The highest BCUT2D eigenvalue weighted by molar-refractivity contribution is 7.15. The van der Waals surface area contributed by atoms with Crippen molar-refractivity contribution in [3.63, 3.8) is 0 Å². The summed E-state index contributed by atoms with van der Waals surface area (Å²) in [5.41, 5.74) is 4.10.